The normalized spacial score (nSPS) is 12.2. The lowest BCUT2D eigenvalue weighted by molar-refractivity contribution is -0.139. The summed E-state index contributed by atoms with van der Waals surface area (Å²) in [6.07, 6.45) is 1.78. The summed E-state index contributed by atoms with van der Waals surface area (Å²) in [6.45, 7) is 5.55. The van der Waals surface area contributed by atoms with Crippen LogP contribution in [0.2, 0.25) is 5.02 Å². The number of nitrogens with one attached hydrogen (secondary N) is 1. The second-order valence-corrected chi connectivity index (χ2v) is 6.41. The lowest BCUT2D eigenvalue weighted by atomic mass is 10.0. The second kappa shape index (κ2) is 7.49. The van der Waals surface area contributed by atoms with Gasteiger partial charge in [0, 0.05) is 0 Å². The molecule has 2 aromatic rings. The van der Waals surface area contributed by atoms with Gasteiger partial charge < -0.3 is 10.4 Å². The molecule has 0 aliphatic carbocycles. The summed E-state index contributed by atoms with van der Waals surface area (Å²) in [5.41, 5.74) is 1.58. The van der Waals surface area contributed by atoms with Crippen LogP contribution >= 0.6 is 11.6 Å². The van der Waals surface area contributed by atoms with Crippen molar-refractivity contribution < 1.29 is 14.7 Å². The molecule has 1 atom stereocenters. The molecule has 2 rings (SSSR count). The smallest absolute Gasteiger partial charge is 0.326 e. The Kier molecular flexibility index (Phi) is 5.62. The molecule has 0 bridgehead atoms. The van der Waals surface area contributed by atoms with Gasteiger partial charge in [0.2, 0.25) is 0 Å². The van der Waals surface area contributed by atoms with Gasteiger partial charge in [-0.05, 0) is 31.4 Å². The number of carboxylic acids is 1. The van der Waals surface area contributed by atoms with Gasteiger partial charge >= 0.3 is 5.97 Å². The molecule has 7 heteroatoms. The first kappa shape index (κ1) is 18.0. The Balaban J connectivity index is 2.26. The Morgan fingerprint density at radius 1 is 1.33 bits per heavy atom. The third-order valence-corrected chi connectivity index (χ3v) is 3.97. The average molecular weight is 350 g/mol. The van der Waals surface area contributed by atoms with E-state index in [2.05, 4.69) is 10.4 Å². The molecule has 0 radical (unpaired) electrons. The van der Waals surface area contributed by atoms with Crippen LogP contribution in [0, 0.1) is 12.8 Å². The number of aromatic nitrogens is 2. The van der Waals surface area contributed by atoms with E-state index < -0.39 is 17.9 Å². The van der Waals surface area contributed by atoms with Crippen molar-refractivity contribution >= 4 is 23.5 Å². The van der Waals surface area contributed by atoms with Gasteiger partial charge in [-0.1, -0.05) is 37.6 Å². The molecule has 0 unspecified atom stereocenters. The standard InChI is InChI=1S/C17H20ClN3O3/c1-10(2)8-14(17(23)24)20-16(22)12-9-19-21(11(12)3)15-7-5-4-6-13(15)18/h4-7,9-10,14H,8H2,1-3H3,(H,20,22)(H,23,24)/t14-/m1/s1. The summed E-state index contributed by atoms with van der Waals surface area (Å²) in [6, 6.07) is 6.23. The molecule has 0 fully saturated rings. The van der Waals surface area contributed by atoms with Crippen molar-refractivity contribution in [3.63, 3.8) is 0 Å². The summed E-state index contributed by atoms with van der Waals surface area (Å²) in [4.78, 5) is 23.7. The number of rotatable bonds is 6. The molecule has 1 amide bonds. The maximum Gasteiger partial charge on any atom is 0.326 e. The number of halogens is 1. The van der Waals surface area contributed by atoms with Gasteiger partial charge in [0.1, 0.15) is 6.04 Å². The number of hydrogen-bond acceptors (Lipinski definition) is 3. The minimum absolute atomic E-state index is 0.151. The molecule has 24 heavy (non-hydrogen) atoms. The van der Waals surface area contributed by atoms with Crippen LogP contribution in [-0.4, -0.2) is 32.8 Å². The predicted molar refractivity (Wildman–Crippen MR) is 91.7 cm³/mol. The number of nitrogens with zero attached hydrogens (tertiary/aromatic N) is 2. The third kappa shape index (κ3) is 3.94. The van der Waals surface area contributed by atoms with Crippen LogP contribution in [0.25, 0.3) is 5.69 Å². The van der Waals surface area contributed by atoms with E-state index >= 15 is 0 Å². The Labute approximate surface area is 145 Å². The van der Waals surface area contributed by atoms with E-state index in [4.69, 9.17) is 11.6 Å². The van der Waals surface area contributed by atoms with Gasteiger partial charge in [-0.3, -0.25) is 4.79 Å². The highest BCUT2D eigenvalue weighted by molar-refractivity contribution is 6.32. The van der Waals surface area contributed by atoms with Crippen LogP contribution in [-0.2, 0) is 4.79 Å². The average Bonchev–Trinajstić information content (AvgIpc) is 2.88. The van der Waals surface area contributed by atoms with Crippen LogP contribution in [0.1, 0.15) is 36.3 Å². The molecule has 1 aromatic heterocycles. The van der Waals surface area contributed by atoms with Crippen molar-refractivity contribution in [3.8, 4) is 5.69 Å². The zero-order valence-corrected chi connectivity index (χ0v) is 14.5. The maximum absolute atomic E-state index is 12.4. The Morgan fingerprint density at radius 2 is 2.00 bits per heavy atom. The van der Waals surface area contributed by atoms with E-state index in [1.807, 2.05) is 26.0 Å². The summed E-state index contributed by atoms with van der Waals surface area (Å²) in [7, 11) is 0. The number of benzene rings is 1. The van der Waals surface area contributed by atoms with Crippen LogP contribution < -0.4 is 5.32 Å². The number of carboxylic acid groups (broad SMARTS) is 1. The molecule has 0 aliphatic heterocycles. The molecule has 2 N–H and O–H groups in total. The Bertz CT molecular complexity index is 755. The number of carbonyl (C=O) groups excluding carboxylic acids is 1. The molecule has 128 valence electrons. The van der Waals surface area contributed by atoms with Gasteiger partial charge in [-0.25, -0.2) is 9.48 Å². The highest BCUT2D eigenvalue weighted by Gasteiger charge is 2.24. The largest absolute Gasteiger partial charge is 0.480 e. The zero-order valence-electron chi connectivity index (χ0n) is 13.8. The first-order chi connectivity index (χ1) is 11.3. The molecule has 0 spiro atoms. The fourth-order valence-electron chi connectivity index (χ4n) is 2.43. The minimum Gasteiger partial charge on any atom is -0.480 e. The van der Waals surface area contributed by atoms with Gasteiger partial charge in [0.15, 0.2) is 0 Å². The van der Waals surface area contributed by atoms with Crippen LogP contribution in [0.3, 0.4) is 0 Å². The van der Waals surface area contributed by atoms with Crippen LogP contribution in [0.15, 0.2) is 30.5 Å². The van der Waals surface area contributed by atoms with E-state index in [9.17, 15) is 14.7 Å². The minimum atomic E-state index is -1.05. The van der Waals surface area contributed by atoms with Crippen molar-refractivity contribution in [1.29, 1.82) is 0 Å². The summed E-state index contributed by atoms with van der Waals surface area (Å²) in [5, 5.41) is 16.5. The van der Waals surface area contributed by atoms with E-state index in [0.717, 1.165) is 0 Å². The van der Waals surface area contributed by atoms with Gasteiger partial charge in [-0.2, -0.15) is 5.10 Å². The quantitative estimate of drug-likeness (QED) is 0.839. The van der Waals surface area contributed by atoms with E-state index in [1.54, 1.807) is 23.7 Å². The number of carbonyl (C=O) groups is 2. The van der Waals surface area contributed by atoms with Crippen molar-refractivity contribution in [3.05, 3.63) is 46.7 Å². The predicted octanol–water partition coefficient (Wildman–Crippen LogP) is 3.06. The molecular weight excluding hydrogens is 330 g/mol. The van der Waals surface area contributed by atoms with E-state index in [-0.39, 0.29) is 5.92 Å². The molecule has 1 aromatic carbocycles. The topological polar surface area (TPSA) is 84.2 Å². The van der Waals surface area contributed by atoms with Crippen molar-refractivity contribution in [2.24, 2.45) is 5.92 Å². The van der Waals surface area contributed by atoms with E-state index in [0.29, 0.717) is 28.4 Å². The summed E-state index contributed by atoms with van der Waals surface area (Å²) < 4.78 is 1.56. The van der Waals surface area contributed by atoms with Crippen molar-refractivity contribution in [2.75, 3.05) is 0 Å². The molecule has 1 heterocycles. The van der Waals surface area contributed by atoms with Crippen molar-refractivity contribution in [2.45, 2.75) is 33.2 Å². The highest BCUT2D eigenvalue weighted by Crippen LogP contribution is 2.22. The number of aliphatic carboxylic acids is 1. The van der Waals surface area contributed by atoms with Gasteiger partial charge in [-0.15, -0.1) is 0 Å². The maximum atomic E-state index is 12.4. The lowest BCUT2D eigenvalue weighted by Crippen LogP contribution is -2.41. The molecule has 6 nitrogen and oxygen atoms in total. The molecular formula is C17H20ClN3O3. The fourth-order valence-corrected chi connectivity index (χ4v) is 2.64. The molecule has 0 aliphatic rings. The van der Waals surface area contributed by atoms with Crippen molar-refractivity contribution in [1.82, 2.24) is 15.1 Å². The van der Waals surface area contributed by atoms with Crippen LogP contribution in [0.5, 0.6) is 0 Å². The SMILES string of the molecule is Cc1c(C(=O)N[C@H](CC(C)C)C(=O)O)cnn1-c1ccccc1Cl. The number of hydrogen-bond donors (Lipinski definition) is 2. The first-order valence-corrected chi connectivity index (χ1v) is 8.02. The number of para-hydroxylation sites is 1. The summed E-state index contributed by atoms with van der Waals surface area (Å²) >= 11 is 6.16. The van der Waals surface area contributed by atoms with Gasteiger partial charge in [0.25, 0.3) is 5.91 Å². The van der Waals surface area contributed by atoms with Crippen LogP contribution in [0.4, 0.5) is 0 Å². The summed E-state index contributed by atoms with van der Waals surface area (Å²) in [5.74, 6) is -1.36. The Hall–Kier alpha value is -2.34. The zero-order chi connectivity index (χ0) is 17.9. The molecule has 0 saturated heterocycles. The van der Waals surface area contributed by atoms with E-state index in [1.165, 1.54) is 6.20 Å². The Morgan fingerprint density at radius 3 is 2.58 bits per heavy atom. The van der Waals surface area contributed by atoms with Gasteiger partial charge in [0.05, 0.1) is 28.2 Å². The second-order valence-electron chi connectivity index (χ2n) is 6.00. The number of amides is 1. The first-order valence-electron chi connectivity index (χ1n) is 7.64. The molecule has 0 saturated carbocycles. The highest BCUT2D eigenvalue weighted by atomic mass is 35.5. The fraction of sp³-hybridized carbons (Fsp3) is 0.353. The third-order valence-electron chi connectivity index (χ3n) is 3.65. The lowest BCUT2D eigenvalue weighted by Gasteiger charge is -2.16. The monoisotopic (exact) mass is 349 g/mol.